The van der Waals surface area contributed by atoms with Crippen LogP contribution < -0.4 is 10.9 Å². The van der Waals surface area contributed by atoms with Crippen LogP contribution in [0.25, 0.3) is 17.4 Å². The summed E-state index contributed by atoms with van der Waals surface area (Å²) in [5, 5.41) is 0. The average Bonchev–Trinajstić information content (AvgIpc) is 3.30. The Bertz CT molecular complexity index is 913. The zero-order valence-corrected chi connectivity index (χ0v) is 12.9. The molecule has 7 heteroatoms. The highest BCUT2D eigenvalue weighted by Gasteiger charge is 2.09. The van der Waals surface area contributed by atoms with E-state index in [9.17, 15) is 14.0 Å². The van der Waals surface area contributed by atoms with Crippen molar-refractivity contribution in [2.45, 2.75) is 0 Å². The van der Waals surface area contributed by atoms with Crippen molar-refractivity contribution < 1.29 is 22.8 Å². The van der Waals surface area contributed by atoms with Gasteiger partial charge in [-0.15, -0.1) is 0 Å². The molecule has 0 saturated heterocycles. The minimum atomic E-state index is -0.577. The Morgan fingerprint density at radius 2 is 1.84 bits per heavy atom. The van der Waals surface area contributed by atoms with Gasteiger partial charge in [-0.05, 0) is 42.5 Å². The number of hydrogen-bond acceptors (Lipinski definition) is 4. The normalized spacial score (nSPS) is 10.8. The van der Waals surface area contributed by atoms with Gasteiger partial charge in [-0.1, -0.05) is 12.1 Å². The first-order valence-electron chi connectivity index (χ1n) is 7.30. The third-order valence-electron chi connectivity index (χ3n) is 3.21. The Morgan fingerprint density at radius 1 is 1.00 bits per heavy atom. The Hall–Kier alpha value is -3.61. The molecule has 25 heavy (non-hydrogen) atoms. The topological polar surface area (TPSA) is 84.5 Å². The Kier molecular flexibility index (Phi) is 4.75. The van der Waals surface area contributed by atoms with Crippen molar-refractivity contribution in [2.75, 3.05) is 0 Å². The highest BCUT2D eigenvalue weighted by Crippen LogP contribution is 2.25. The van der Waals surface area contributed by atoms with E-state index in [4.69, 9.17) is 8.83 Å². The fourth-order valence-corrected chi connectivity index (χ4v) is 2.04. The van der Waals surface area contributed by atoms with Gasteiger partial charge in [-0.25, -0.2) is 4.39 Å². The number of hydrogen-bond donors (Lipinski definition) is 2. The molecule has 0 fully saturated rings. The quantitative estimate of drug-likeness (QED) is 0.564. The van der Waals surface area contributed by atoms with Gasteiger partial charge in [0.15, 0.2) is 5.76 Å². The molecule has 3 rings (SSSR count). The van der Waals surface area contributed by atoms with Crippen LogP contribution in [0.4, 0.5) is 4.39 Å². The number of carbonyl (C=O) groups is 2. The number of hydrazine groups is 1. The minimum Gasteiger partial charge on any atom is -0.459 e. The Balaban J connectivity index is 1.58. The number of benzene rings is 1. The summed E-state index contributed by atoms with van der Waals surface area (Å²) < 4.78 is 24.1. The highest BCUT2D eigenvalue weighted by atomic mass is 19.1. The molecular formula is C18H13FN2O4. The van der Waals surface area contributed by atoms with Crippen LogP contribution in [0.1, 0.15) is 16.3 Å². The van der Waals surface area contributed by atoms with Gasteiger partial charge in [-0.3, -0.25) is 20.4 Å². The van der Waals surface area contributed by atoms with Gasteiger partial charge in [0, 0.05) is 6.08 Å². The Morgan fingerprint density at radius 3 is 2.60 bits per heavy atom. The number of amides is 2. The van der Waals surface area contributed by atoms with Gasteiger partial charge in [0.05, 0.1) is 11.8 Å². The summed E-state index contributed by atoms with van der Waals surface area (Å²) in [6.07, 6.45) is 3.92. The van der Waals surface area contributed by atoms with Crippen molar-refractivity contribution in [1.29, 1.82) is 0 Å². The predicted molar refractivity (Wildman–Crippen MR) is 87.5 cm³/mol. The van der Waals surface area contributed by atoms with E-state index in [1.165, 1.54) is 30.5 Å². The molecule has 2 N–H and O–H groups in total. The van der Waals surface area contributed by atoms with Gasteiger partial charge in [-0.2, -0.15) is 0 Å². The third-order valence-corrected chi connectivity index (χ3v) is 3.21. The molecule has 0 aliphatic heterocycles. The molecule has 126 valence electrons. The monoisotopic (exact) mass is 340 g/mol. The van der Waals surface area contributed by atoms with Crippen LogP contribution in [0, 0.1) is 5.82 Å². The first-order chi connectivity index (χ1) is 12.1. The maximum atomic E-state index is 13.7. The van der Waals surface area contributed by atoms with Crippen LogP contribution in [-0.4, -0.2) is 11.8 Å². The lowest BCUT2D eigenvalue weighted by molar-refractivity contribution is -0.117. The molecule has 0 atom stereocenters. The van der Waals surface area contributed by atoms with Gasteiger partial charge < -0.3 is 8.83 Å². The lowest BCUT2D eigenvalue weighted by Crippen LogP contribution is -2.40. The van der Waals surface area contributed by atoms with Crippen LogP contribution in [0.15, 0.2) is 69.7 Å². The average molecular weight is 340 g/mol. The summed E-state index contributed by atoms with van der Waals surface area (Å²) in [6, 6.07) is 12.4. The molecule has 2 heterocycles. The van der Waals surface area contributed by atoms with Crippen LogP contribution in [0.2, 0.25) is 0 Å². The molecule has 0 aliphatic rings. The van der Waals surface area contributed by atoms with E-state index in [2.05, 4.69) is 10.9 Å². The van der Waals surface area contributed by atoms with E-state index >= 15 is 0 Å². The second kappa shape index (κ2) is 7.31. The van der Waals surface area contributed by atoms with Crippen molar-refractivity contribution in [1.82, 2.24) is 10.9 Å². The SMILES string of the molecule is O=C(/C=C/c1ccc(-c2ccccc2F)o1)NNC(=O)c1ccco1. The number of furan rings is 2. The standard InChI is InChI=1S/C18H13FN2O4/c19-14-5-2-1-4-13(14)15-9-7-12(25-15)8-10-17(22)20-21-18(23)16-6-3-11-24-16/h1-11H,(H,20,22)(H,21,23)/b10-8+. The summed E-state index contributed by atoms with van der Waals surface area (Å²) in [4.78, 5) is 23.3. The lowest BCUT2D eigenvalue weighted by Gasteiger charge is -2.02. The molecule has 0 radical (unpaired) electrons. The maximum absolute atomic E-state index is 13.7. The van der Waals surface area contributed by atoms with Gasteiger partial charge in [0.1, 0.15) is 17.3 Å². The maximum Gasteiger partial charge on any atom is 0.305 e. The van der Waals surface area contributed by atoms with E-state index in [-0.39, 0.29) is 5.76 Å². The van der Waals surface area contributed by atoms with Crippen molar-refractivity contribution in [3.8, 4) is 11.3 Å². The largest absolute Gasteiger partial charge is 0.459 e. The smallest absolute Gasteiger partial charge is 0.305 e. The zero-order valence-electron chi connectivity index (χ0n) is 12.9. The van der Waals surface area contributed by atoms with Gasteiger partial charge in [0.25, 0.3) is 5.91 Å². The van der Waals surface area contributed by atoms with Crippen LogP contribution in [-0.2, 0) is 4.79 Å². The van der Waals surface area contributed by atoms with Crippen LogP contribution in [0.5, 0.6) is 0 Å². The number of nitrogens with one attached hydrogen (secondary N) is 2. The van der Waals surface area contributed by atoms with E-state index in [0.29, 0.717) is 17.1 Å². The number of carbonyl (C=O) groups excluding carboxylic acids is 2. The molecule has 0 unspecified atom stereocenters. The van der Waals surface area contributed by atoms with Crippen molar-refractivity contribution in [3.05, 3.63) is 78.2 Å². The van der Waals surface area contributed by atoms with Crippen LogP contribution >= 0.6 is 0 Å². The zero-order chi connectivity index (χ0) is 17.6. The molecule has 0 bridgehead atoms. The van der Waals surface area contributed by atoms with E-state index in [0.717, 1.165) is 0 Å². The predicted octanol–water partition coefficient (Wildman–Crippen LogP) is 3.15. The summed E-state index contributed by atoms with van der Waals surface area (Å²) in [7, 11) is 0. The van der Waals surface area contributed by atoms with E-state index in [1.54, 1.807) is 36.4 Å². The summed E-state index contributed by atoms with van der Waals surface area (Å²) in [5.74, 6) is -0.749. The molecule has 0 spiro atoms. The van der Waals surface area contributed by atoms with E-state index < -0.39 is 17.6 Å². The van der Waals surface area contributed by atoms with Gasteiger partial charge >= 0.3 is 5.91 Å². The Labute approximate surface area is 141 Å². The number of rotatable bonds is 4. The van der Waals surface area contributed by atoms with Crippen molar-refractivity contribution in [3.63, 3.8) is 0 Å². The van der Waals surface area contributed by atoms with Crippen molar-refractivity contribution in [2.24, 2.45) is 0 Å². The molecule has 0 saturated carbocycles. The molecule has 2 amide bonds. The summed E-state index contributed by atoms with van der Waals surface area (Å²) in [5.41, 5.74) is 4.73. The highest BCUT2D eigenvalue weighted by molar-refractivity contribution is 5.96. The molecule has 1 aromatic carbocycles. The molecule has 3 aromatic rings. The fourth-order valence-electron chi connectivity index (χ4n) is 2.04. The second-order valence-electron chi connectivity index (χ2n) is 4.94. The summed E-state index contributed by atoms with van der Waals surface area (Å²) >= 11 is 0. The first kappa shape index (κ1) is 16.3. The van der Waals surface area contributed by atoms with E-state index in [1.807, 2.05) is 0 Å². The van der Waals surface area contributed by atoms with Gasteiger partial charge in [0.2, 0.25) is 0 Å². The molecule has 0 aliphatic carbocycles. The summed E-state index contributed by atoms with van der Waals surface area (Å²) in [6.45, 7) is 0. The molecule has 2 aromatic heterocycles. The lowest BCUT2D eigenvalue weighted by atomic mass is 10.1. The second-order valence-corrected chi connectivity index (χ2v) is 4.94. The minimum absolute atomic E-state index is 0.0739. The fraction of sp³-hybridized carbons (Fsp3) is 0. The number of halogens is 1. The van der Waals surface area contributed by atoms with Crippen molar-refractivity contribution >= 4 is 17.9 Å². The third kappa shape index (κ3) is 4.03. The first-order valence-corrected chi connectivity index (χ1v) is 7.30. The van der Waals surface area contributed by atoms with Crippen LogP contribution in [0.3, 0.4) is 0 Å². The molecular weight excluding hydrogens is 327 g/mol. The molecule has 6 nitrogen and oxygen atoms in total.